The van der Waals surface area contributed by atoms with Crippen LogP contribution in [0.4, 0.5) is 0 Å². The monoisotopic (exact) mass is 479 g/mol. The maximum Gasteiger partial charge on any atom is 0.227 e. The van der Waals surface area contributed by atoms with Crippen molar-refractivity contribution >= 4 is 39.1 Å². The molecule has 3 aromatic rings. The van der Waals surface area contributed by atoms with Gasteiger partial charge in [0.2, 0.25) is 11.8 Å². The van der Waals surface area contributed by atoms with Crippen LogP contribution < -0.4 is 5.32 Å². The maximum absolute atomic E-state index is 12.4. The molecule has 10 heteroatoms. The van der Waals surface area contributed by atoms with E-state index in [0.717, 1.165) is 12.0 Å². The number of rotatable bonds is 10. The fraction of sp³-hybridized carbons (Fsp3) is 0.286. The van der Waals surface area contributed by atoms with E-state index in [1.54, 1.807) is 11.8 Å². The Kier molecular flexibility index (Phi) is 8.11. The predicted octanol–water partition coefficient (Wildman–Crippen LogP) is 3.71. The predicted molar refractivity (Wildman–Crippen MR) is 120 cm³/mol. The Morgan fingerprint density at radius 3 is 2.48 bits per heavy atom. The minimum absolute atomic E-state index is 0.0547. The molecule has 0 atom stereocenters. The number of sulfone groups is 1. The van der Waals surface area contributed by atoms with E-state index in [1.165, 1.54) is 29.2 Å². The minimum Gasteiger partial charge on any atom is -0.356 e. The zero-order chi connectivity index (χ0) is 22.3. The van der Waals surface area contributed by atoms with E-state index in [9.17, 15) is 13.2 Å². The first-order valence-electron chi connectivity index (χ1n) is 9.55. The lowest BCUT2D eigenvalue weighted by Gasteiger charge is -2.05. The molecule has 3 rings (SSSR count). The molecular weight excluding hydrogens is 458 g/mol. The Balaban J connectivity index is 1.44. The summed E-state index contributed by atoms with van der Waals surface area (Å²) >= 11 is 7.48. The van der Waals surface area contributed by atoms with Gasteiger partial charge >= 0.3 is 0 Å². The van der Waals surface area contributed by atoms with Crippen molar-refractivity contribution in [2.45, 2.75) is 34.8 Å². The highest BCUT2D eigenvalue weighted by Gasteiger charge is 2.19. The number of aryl methyl sites for hydroxylation is 1. The molecule has 31 heavy (non-hydrogen) atoms. The van der Waals surface area contributed by atoms with Crippen molar-refractivity contribution in [2.75, 3.05) is 12.8 Å². The molecule has 0 fully saturated rings. The molecule has 1 amide bonds. The Hall–Kier alpha value is -2.36. The van der Waals surface area contributed by atoms with Crippen LogP contribution in [0.1, 0.15) is 23.7 Å². The second-order valence-electron chi connectivity index (χ2n) is 6.77. The lowest BCUT2D eigenvalue weighted by atomic mass is 10.1. The van der Waals surface area contributed by atoms with Gasteiger partial charge in [-0.05, 0) is 54.6 Å². The molecule has 0 aliphatic carbocycles. The highest BCUT2D eigenvalue weighted by molar-refractivity contribution is 7.98. The Bertz CT molecular complexity index is 1110. The number of carbonyl (C=O) groups is 1. The number of benzene rings is 2. The average Bonchev–Trinajstić information content (AvgIpc) is 3.19. The van der Waals surface area contributed by atoms with E-state index < -0.39 is 9.84 Å². The van der Waals surface area contributed by atoms with Crippen molar-refractivity contribution < 1.29 is 17.7 Å². The normalized spacial score (nSPS) is 11.4. The van der Waals surface area contributed by atoms with Crippen molar-refractivity contribution in [3.63, 3.8) is 0 Å². The smallest absolute Gasteiger partial charge is 0.227 e. The summed E-state index contributed by atoms with van der Waals surface area (Å²) in [4.78, 5) is 17.5. The van der Waals surface area contributed by atoms with Crippen LogP contribution in [0.2, 0.25) is 5.02 Å². The van der Waals surface area contributed by atoms with Gasteiger partial charge in [0.1, 0.15) is 5.75 Å². The molecule has 0 aliphatic heterocycles. The standard InChI is InChI=1S/C21H22ClN3O4S2/c1-30-17-6-2-15(3-7-17)12-13-23-20(26)10-11-21-24-19(25-29-21)14-31(27,28)18-8-4-16(22)5-9-18/h2-9H,10-14H2,1H3,(H,23,26). The van der Waals surface area contributed by atoms with E-state index in [0.29, 0.717) is 11.6 Å². The van der Waals surface area contributed by atoms with Gasteiger partial charge < -0.3 is 9.84 Å². The molecule has 0 bridgehead atoms. The van der Waals surface area contributed by atoms with Crippen LogP contribution in [0.5, 0.6) is 0 Å². The third-order valence-electron chi connectivity index (χ3n) is 4.46. The summed E-state index contributed by atoms with van der Waals surface area (Å²) in [6.45, 7) is 0.534. The van der Waals surface area contributed by atoms with Crippen LogP contribution in [0, 0.1) is 0 Å². The number of aromatic nitrogens is 2. The van der Waals surface area contributed by atoms with Gasteiger partial charge in [0.15, 0.2) is 15.7 Å². The van der Waals surface area contributed by atoms with Crippen LogP contribution in [0.15, 0.2) is 62.8 Å². The number of thioether (sulfide) groups is 1. The zero-order valence-electron chi connectivity index (χ0n) is 16.9. The fourth-order valence-corrected chi connectivity index (χ4v) is 4.50. The molecule has 0 unspecified atom stereocenters. The Labute approximate surface area is 190 Å². The van der Waals surface area contributed by atoms with Crippen molar-refractivity contribution in [1.29, 1.82) is 0 Å². The molecule has 2 aromatic carbocycles. The first-order valence-corrected chi connectivity index (χ1v) is 12.8. The second kappa shape index (κ2) is 10.8. The van der Waals surface area contributed by atoms with Gasteiger partial charge in [-0.2, -0.15) is 4.98 Å². The zero-order valence-corrected chi connectivity index (χ0v) is 19.3. The van der Waals surface area contributed by atoms with Crippen LogP contribution in [-0.4, -0.2) is 37.3 Å². The number of nitrogens with one attached hydrogen (secondary N) is 1. The van der Waals surface area contributed by atoms with Gasteiger partial charge in [0.05, 0.1) is 4.90 Å². The van der Waals surface area contributed by atoms with Crippen LogP contribution in [-0.2, 0) is 33.2 Å². The molecule has 0 saturated heterocycles. The summed E-state index contributed by atoms with van der Waals surface area (Å²) < 4.78 is 29.9. The molecule has 1 N–H and O–H groups in total. The summed E-state index contributed by atoms with van der Waals surface area (Å²) in [5.74, 6) is -0.239. The maximum atomic E-state index is 12.4. The van der Waals surface area contributed by atoms with Crippen LogP contribution >= 0.6 is 23.4 Å². The molecule has 0 aliphatic rings. The average molecular weight is 480 g/mol. The van der Waals surface area contributed by atoms with Crippen molar-refractivity contribution in [3.8, 4) is 0 Å². The van der Waals surface area contributed by atoms with E-state index in [1.807, 2.05) is 6.26 Å². The largest absolute Gasteiger partial charge is 0.356 e. The first kappa shape index (κ1) is 23.3. The van der Waals surface area contributed by atoms with Gasteiger partial charge in [0, 0.05) is 29.3 Å². The number of nitrogens with zero attached hydrogens (tertiary/aromatic N) is 2. The highest BCUT2D eigenvalue weighted by Crippen LogP contribution is 2.18. The van der Waals surface area contributed by atoms with Gasteiger partial charge in [-0.3, -0.25) is 4.79 Å². The summed E-state index contributed by atoms with van der Waals surface area (Å²) in [6.07, 6.45) is 3.19. The SMILES string of the molecule is CSc1ccc(CCNC(=O)CCc2nc(CS(=O)(=O)c3ccc(Cl)cc3)no2)cc1. The molecule has 0 spiro atoms. The summed E-state index contributed by atoms with van der Waals surface area (Å²) in [7, 11) is -3.62. The highest BCUT2D eigenvalue weighted by atomic mass is 35.5. The van der Waals surface area contributed by atoms with E-state index >= 15 is 0 Å². The fourth-order valence-electron chi connectivity index (χ4n) is 2.79. The lowest BCUT2D eigenvalue weighted by Crippen LogP contribution is -2.25. The van der Waals surface area contributed by atoms with Crippen LogP contribution in [0.25, 0.3) is 0 Å². The number of hydrogen-bond acceptors (Lipinski definition) is 7. The van der Waals surface area contributed by atoms with Crippen molar-refractivity contribution in [2.24, 2.45) is 0 Å². The number of hydrogen-bond donors (Lipinski definition) is 1. The Morgan fingerprint density at radius 2 is 1.81 bits per heavy atom. The molecule has 7 nitrogen and oxygen atoms in total. The number of halogens is 1. The quantitative estimate of drug-likeness (QED) is 0.442. The molecule has 0 saturated carbocycles. The summed E-state index contributed by atoms with van der Waals surface area (Å²) in [5.41, 5.74) is 1.15. The third kappa shape index (κ3) is 7.09. The lowest BCUT2D eigenvalue weighted by molar-refractivity contribution is -0.121. The molecular formula is C21H22ClN3O4S2. The van der Waals surface area contributed by atoms with Gasteiger partial charge in [0.25, 0.3) is 0 Å². The van der Waals surface area contributed by atoms with Crippen molar-refractivity contribution in [3.05, 3.63) is 70.8 Å². The molecule has 164 valence electrons. The minimum atomic E-state index is -3.62. The second-order valence-corrected chi connectivity index (χ2v) is 10.1. The van der Waals surface area contributed by atoms with Gasteiger partial charge in [-0.15, -0.1) is 11.8 Å². The van der Waals surface area contributed by atoms with Gasteiger partial charge in [-0.1, -0.05) is 28.9 Å². The molecule has 0 radical (unpaired) electrons. The summed E-state index contributed by atoms with van der Waals surface area (Å²) in [6, 6.07) is 14.1. The van der Waals surface area contributed by atoms with E-state index in [4.69, 9.17) is 16.1 Å². The van der Waals surface area contributed by atoms with Crippen molar-refractivity contribution in [1.82, 2.24) is 15.5 Å². The Morgan fingerprint density at radius 1 is 1.10 bits per heavy atom. The first-order chi connectivity index (χ1) is 14.9. The number of carbonyl (C=O) groups excluding carboxylic acids is 1. The topological polar surface area (TPSA) is 102 Å². The molecule has 1 aromatic heterocycles. The third-order valence-corrected chi connectivity index (χ3v) is 7.09. The number of amides is 1. The summed E-state index contributed by atoms with van der Waals surface area (Å²) in [5, 5.41) is 7.03. The van der Waals surface area contributed by atoms with Crippen LogP contribution in [0.3, 0.4) is 0 Å². The van der Waals surface area contributed by atoms with E-state index in [2.05, 4.69) is 39.7 Å². The van der Waals surface area contributed by atoms with Gasteiger partial charge in [-0.25, -0.2) is 8.42 Å². The van der Waals surface area contributed by atoms with E-state index in [-0.39, 0.29) is 41.1 Å². The molecule has 1 heterocycles.